The maximum atomic E-state index is 12.6. The number of hydrogen-bond donors (Lipinski definition) is 1. The summed E-state index contributed by atoms with van der Waals surface area (Å²) in [5.41, 5.74) is 0.651. The van der Waals surface area contributed by atoms with Gasteiger partial charge < -0.3 is 19.9 Å². The number of anilines is 2. The fourth-order valence-electron chi connectivity index (χ4n) is 2.91. The Balaban J connectivity index is 1.53. The largest absolute Gasteiger partial charge is 0.497 e. The zero-order valence-corrected chi connectivity index (χ0v) is 14.8. The fourth-order valence-corrected chi connectivity index (χ4v) is 2.91. The van der Waals surface area contributed by atoms with Gasteiger partial charge in [-0.25, -0.2) is 4.79 Å². The number of ether oxygens (including phenoxy) is 1. The highest BCUT2D eigenvalue weighted by atomic mass is 19.4. The van der Waals surface area contributed by atoms with E-state index in [2.05, 4.69) is 10.2 Å². The van der Waals surface area contributed by atoms with Crippen molar-refractivity contribution in [2.45, 2.75) is 6.18 Å². The molecule has 1 saturated heterocycles. The number of carbonyl (C=O) groups excluding carboxylic acids is 1. The monoisotopic (exact) mass is 379 g/mol. The van der Waals surface area contributed by atoms with Crippen LogP contribution in [0.5, 0.6) is 5.75 Å². The van der Waals surface area contributed by atoms with Gasteiger partial charge in [0.1, 0.15) is 5.75 Å². The lowest BCUT2D eigenvalue weighted by molar-refractivity contribution is -0.137. The molecule has 2 amide bonds. The molecule has 3 rings (SSSR count). The molecule has 1 fully saturated rings. The minimum absolute atomic E-state index is 0.316. The van der Waals surface area contributed by atoms with E-state index in [9.17, 15) is 18.0 Å². The molecule has 0 saturated carbocycles. The third-order valence-electron chi connectivity index (χ3n) is 4.47. The van der Waals surface area contributed by atoms with E-state index in [4.69, 9.17) is 4.74 Å². The Labute approximate surface area is 155 Å². The SMILES string of the molecule is COc1ccc(N2CCN(C(=O)Nc3ccc(C(F)(F)F)cc3)CC2)cc1. The van der Waals surface area contributed by atoms with Crippen LogP contribution in [0.3, 0.4) is 0 Å². The first-order valence-electron chi connectivity index (χ1n) is 8.49. The second-order valence-electron chi connectivity index (χ2n) is 6.18. The van der Waals surface area contributed by atoms with Gasteiger partial charge in [0, 0.05) is 37.6 Å². The van der Waals surface area contributed by atoms with Crippen LogP contribution in [-0.2, 0) is 6.18 Å². The fraction of sp³-hybridized carbons (Fsp3) is 0.316. The van der Waals surface area contributed by atoms with E-state index < -0.39 is 11.7 Å². The molecule has 1 aliphatic heterocycles. The second kappa shape index (κ2) is 7.77. The average Bonchev–Trinajstić information content (AvgIpc) is 2.68. The maximum Gasteiger partial charge on any atom is 0.416 e. The summed E-state index contributed by atoms with van der Waals surface area (Å²) in [7, 11) is 1.61. The predicted molar refractivity (Wildman–Crippen MR) is 97.2 cm³/mol. The Kier molecular flexibility index (Phi) is 5.43. The van der Waals surface area contributed by atoms with Crippen LogP contribution < -0.4 is 15.0 Å². The van der Waals surface area contributed by atoms with E-state index in [1.807, 2.05) is 24.3 Å². The Bertz CT molecular complexity index is 768. The molecule has 1 heterocycles. The van der Waals surface area contributed by atoms with Crippen LogP contribution in [0.2, 0.25) is 0 Å². The molecular formula is C19H20F3N3O2. The number of alkyl halides is 3. The average molecular weight is 379 g/mol. The second-order valence-corrected chi connectivity index (χ2v) is 6.18. The number of rotatable bonds is 3. The molecule has 2 aromatic rings. The molecule has 2 aromatic carbocycles. The lowest BCUT2D eigenvalue weighted by Gasteiger charge is -2.36. The molecule has 1 aliphatic rings. The molecule has 5 nitrogen and oxygen atoms in total. The Hall–Kier alpha value is -2.90. The minimum Gasteiger partial charge on any atom is -0.497 e. The van der Waals surface area contributed by atoms with E-state index in [0.717, 1.165) is 23.6 Å². The number of hydrogen-bond acceptors (Lipinski definition) is 3. The van der Waals surface area contributed by atoms with E-state index in [-0.39, 0.29) is 6.03 Å². The van der Waals surface area contributed by atoms with Gasteiger partial charge in [-0.2, -0.15) is 13.2 Å². The van der Waals surface area contributed by atoms with Gasteiger partial charge in [0.2, 0.25) is 0 Å². The number of urea groups is 1. The molecule has 0 unspecified atom stereocenters. The number of methoxy groups -OCH3 is 1. The number of nitrogens with zero attached hydrogens (tertiary/aromatic N) is 2. The summed E-state index contributed by atoms with van der Waals surface area (Å²) in [5.74, 6) is 0.785. The van der Waals surface area contributed by atoms with E-state index in [1.54, 1.807) is 12.0 Å². The molecule has 0 bridgehead atoms. The van der Waals surface area contributed by atoms with Gasteiger partial charge in [-0.05, 0) is 48.5 Å². The van der Waals surface area contributed by atoms with Crippen molar-refractivity contribution in [3.63, 3.8) is 0 Å². The van der Waals surface area contributed by atoms with Crippen molar-refractivity contribution in [2.24, 2.45) is 0 Å². The lowest BCUT2D eigenvalue weighted by Crippen LogP contribution is -2.50. The number of nitrogens with one attached hydrogen (secondary N) is 1. The number of piperazine rings is 1. The lowest BCUT2D eigenvalue weighted by atomic mass is 10.2. The van der Waals surface area contributed by atoms with Crippen LogP contribution in [0, 0.1) is 0 Å². The van der Waals surface area contributed by atoms with Crippen LogP contribution >= 0.6 is 0 Å². The highest BCUT2D eigenvalue weighted by Crippen LogP contribution is 2.30. The zero-order chi connectivity index (χ0) is 19.4. The van der Waals surface area contributed by atoms with Gasteiger partial charge in [0.05, 0.1) is 12.7 Å². The number of benzene rings is 2. The van der Waals surface area contributed by atoms with Crippen molar-refractivity contribution in [3.05, 3.63) is 54.1 Å². The van der Waals surface area contributed by atoms with Gasteiger partial charge >= 0.3 is 12.2 Å². The summed E-state index contributed by atoms with van der Waals surface area (Å²) in [4.78, 5) is 16.2. The highest BCUT2D eigenvalue weighted by molar-refractivity contribution is 5.89. The van der Waals surface area contributed by atoms with Gasteiger partial charge in [0.25, 0.3) is 0 Å². The number of carbonyl (C=O) groups is 1. The van der Waals surface area contributed by atoms with E-state index >= 15 is 0 Å². The Morgan fingerprint density at radius 1 is 0.963 bits per heavy atom. The summed E-state index contributed by atoms with van der Waals surface area (Å²) in [6, 6.07) is 11.8. The molecule has 8 heteroatoms. The van der Waals surface area contributed by atoms with Crippen LogP contribution in [0.4, 0.5) is 29.3 Å². The summed E-state index contributed by atoms with van der Waals surface area (Å²) in [6.45, 7) is 2.40. The third-order valence-corrected chi connectivity index (χ3v) is 4.47. The minimum atomic E-state index is -4.39. The first kappa shape index (κ1) is 18.9. The molecule has 144 valence electrons. The summed E-state index contributed by atoms with van der Waals surface area (Å²) >= 11 is 0. The van der Waals surface area contributed by atoms with Crippen molar-refractivity contribution < 1.29 is 22.7 Å². The number of amides is 2. The standard InChI is InChI=1S/C19H20F3N3O2/c1-27-17-8-6-16(7-9-17)24-10-12-25(13-11-24)18(26)23-15-4-2-14(3-5-15)19(20,21)22/h2-9H,10-13H2,1H3,(H,23,26). The predicted octanol–water partition coefficient (Wildman–Crippen LogP) is 4.07. The smallest absolute Gasteiger partial charge is 0.416 e. The molecule has 0 aromatic heterocycles. The van der Waals surface area contributed by atoms with Crippen molar-refractivity contribution in [1.29, 1.82) is 0 Å². The van der Waals surface area contributed by atoms with Crippen molar-refractivity contribution in [2.75, 3.05) is 43.5 Å². The molecule has 1 N–H and O–H groups in total. The van der Waals surface area contributed by atoms with Gasteiger partial charge in [-0.15, -0.1) is 0 Å². The van der Waals surface area contributed by atoms with Crippen molar-refractivity contribution in [1.82, 2.24) is 4.90 Å². The third kappa shape index (κ3) is 4.64. The molecular weight excluding hydrogens is 359 g/mol. The van der Waals surface area contributed by atoms with Crippen LogP contribution in [-0.4, -0.2) is 44.2 Å². The summed E-state index contributed by atoms with van der Waals surface area (Å²) in [6.07, 6.45) is -4.39. The van der Waals surface area contributed by atoms with Crippen molar-refractivity contribution in [3.8, 4) is 5.75 Å². The quantitative estimate of drug-likeness (QED) is 0.875. The highest BCUT2D eigenvalue weighted by Gasteiger charge is 2.30. The van der Waals surface area contributed by atoms with Crippen LogP contribution in [0.15, 0.2) is 48.5 Å². The topological polar surface area (TPSA) is 44.8 Å². The van der Waals surface area contributed by atoms with E-state index in [0.29, 0.717) is 31.9 Å². The Morgan fingerprint density at radius 3 is 2.07 bits per heavy atom. The molecule has 0 aliphatic carbocycles. The van der Waals surface area contributed by atoms with Crippen LogP contribution in [0.25, 0.3) is 0 Å². The zero-order valence-electron chi connectivity index (χ0n) is 14.8. The first-order chi connectivity index (χ1) is 12.9. The normalized spacial score (nSPS) is 14.8. The van der Waals surface area contributed by atoms with Gasteiger partial charge in [-0.1, -0.05) is 0 Å². The van der Waals surface area contributed by atoms with Crippen LogP contribution in [0.1, 0.15) is 5.56 Å². The summed E-state index contributed by atoms with van der Waals surface area (Å²) in [5, 5.41) is 2.64. The molecule has 0 spiro atoms. The molecule has 0 radical (unpaired) electrons. The maximum absolute atomic E-state index is 12.6. The van der Waals surface area contributed by atoms with E-state index in [1.165, 1.54) is 12.1 Å². The first-order valence-corrected chi connectivity index (χ1v) is 8.49. The number of halogens is 3. The molecule has 0 atom stereocenters. The van der Waals surface area contributed by atoms with Crippen molar-refractivity contribution >= 4 is 17.4 Å². The summed E-state index contributed by atoms with van der Waals surface area (Å²) < 4.78 is 42.9. The molecule has 27 heavy (non-hydrogen) atoms. The van der Waals surface area contributed by atoms with Gasteiger partial charge in [0.15, 0.2) is 0 Å². The van der Waals surface area contributed by atoms with Gasteiger partial charge in [-0.3, -0.25) is 0 Å². The Morgan fingerprint density at radius 2 is 1.56 bits per heavy atom.